The van der Waals surface area contributed by atoms with Crippen molar-refractivity contribution >= 4 is 0 Å². The molecule has 9 heteroatoms. The fourth-order valence-corrected chi connectivity index (χ4v) is 1.42. The Morgan fingerprint density at radius 3 is 1.25 bits per heavy atom. The minimum Gasteiger partial charge on any atom is -0.394 e. The zero-order valence-electron chi connectivity index (χ0n) is 14.5. The van der Waals surface area contributed by atoms with Crippen molar-refractivity contribution in [3.63, 3.8) is 0 Å². The zero-order valence-corrected chi connectivity index (χ0v) is 14.5. The Hall–Kier alpha value is -0.360. The lowest BCUT2D eigenvalue weighted by Gasteiger charge is -2.09. The predicted molar refractivity (Wildman–Crippen MR) is 85.0 cm³/mol. The van der Waals surface area contributed by atoms with Gasteiger partial charge in [0.25, 0.3) is 0 Å². The molecule has 0 fully saturated rings. The van der Waals surface area contributed by atoms with Gasteiger partial charge in [0.15, 0.2) is 6.29 Å². The molecule has 24 heavy (non-hydrogen) atoms. The number of ether oxygens (including phenoxy) is 7. The van der Waals surface area contributed by atoms with E-state index < -0.39 is 6.29 Å². The van der Waals surface area contributed by atoms with Crippen molar-refractivity contribution in [1.29, 1.82) is 0 Å². The largest absolute Gasteiger partial charge is 0.394 e. The molecule has 2 N–H and O–H groups in total. The molecule has 0 aliphatic rings. The van der Waals surface area contributed by atoms with Gasteiger partial charge in [-0.1, -0.05) is 0 Å². The summed E-state index contributed by atoms with van der Waals surface area (Å²) in [4.78, 5) is 0. The maximum atomic E-state index is 9.05. The van der Waals surface area contributed by atoms with Gasteiger partial charge in [0.05, 0.1) is 85.9 Å². The summed E-state index contributed by atoms with van der Waals surface area (Å²) in [5, 5.41) is 17.5. The molecule has 0 amide bonds. The van der Waals surface area contributed by atoms with Gasteiger partial charge in [0, 0.05) is 7.11 Å². The highest BCUT2D eigenvalue weighted by Gasteiger charge is 2.00. The molecular formula is C15H32O9. The second-order valence-electron chi connectivity index (χ2n) is 4.55. The Bertz CT molecular complexity index is 231. The lowest BCUT2D eigenvalue weighted by atomic mass is 10.6. The van der Waals surface area contributed by atoms with E-state index in [9.17, 15) is 0 Å². The van der Waals surface area contributed by atoms with Crippen LogP contribution in [0.5, 0.6) is 0 Å². The van der Waals surface area contributed by atoms with Gasteiger partial charge in [-0.15, -0.1) is 0 Å². The van der Waals surface area contributed by atoms with Crippen molar-refractivity contribution < 1.29 is 43.4 Å². The summed E-state index contributed by atoms with van der Waals surface area (Å²) in [5.41, 5.74) is 0. The second-order valence-corrected chi connectivity index (χ2v) is 4.55. The first-order chi connectivity index (χ1) is 11.8. The van der Waals surface area contributed by atoms with E-state index in [0.29, 0.717) is 72.7 Å². The molecule has 0 aromatic carbocycles. The average molecular weight is 356 g/mol. The molecule has 0 saturated heterocycles. The van der Waals surface area contributed by atoms with Gasteiger partial charge < -0.3 is 43.4 Å². The van der Waals surface area contributed by atoms with Crippen molar-refractivity contribution in [3.05, 3.63) is 0 Å². The van der Waals surface area contributed by atoms with Gasteiger partial charge in [-0.3, -0.25) is 0 Å². The molecule has 1 unspecified atom stereocenters. The van der Waals surface area contributed by atoms with Gasteiger partial charge >= 0.3 is 0 Å². The fraction of sp³-hybridized carbons (Fsp3) is 1.00. The first-order valence-corrected chi connectivity index (χ1v) is 8.09. The van der Waals surface area contributed by atoms with E-state index >= 15 is 0 Å². The quantitative estimate of drug-likeness (QED) is 0.211. The van der Waals surface area contributed by atoms with Crippen molar-refractivity contribution in [2.24, 2.45) is 0 Å². The van der Waals surface area contributed by atoms with Crippen LogP contribution in [0.25, 0.3) is 0 Å². The average Bonchev–Trinajstić information content (AvgIpc) is 2.60. The Labute approximate surface area is 143 Å². The Balaban J connectivity index is 2.98. The van der Waals surface area contributed by atoms with Crippen molar-refractivity contribution in [2.45, 2.75) is 6.29 Å². The predicted octanol–water partition coefficient (Wildman–Crippen LogP) is -0.957. The van der Waals surface area contributed by atoms with Gasteiger partial charge in [-0.05, 0) is 0 Å². The fourth-order valence-electron chi connectivity index (χ4n) is 1.42. The lowest BCUT2D eigenvalue weighted by molar-refractivity contribution is -0.123. The van der Waals surface area contributed by atoms with Gasteiger partial charge in [0.2, 0.25) is 0 Å². The van der Waals surface area contributed by atoms with Crippen LogP contribution in [0.4, 0.5) is 0 Å². The van der Waals surface area contributed by atoms with Crippen LogP contribution in [0.2, 0.25) is 0 Å². The SMILES string of the molecule is COC(O)COCCOCCOCCOCCOCCOCCO. The number of rotatable bonds is 20. The summed E-state index contributed by atoms with van der Waals surface area (Å²) in [5.74, 6) is 0. The molecule has 0 radical (unpaired) electrons. The molecule has 0 saturated carbocycles. The van der Waals surface area contributed by atoms with E-state index in [4.69, 9.17) is 38.6 Å². The number of aliphatic hydroxyl groups excluding tert-OH is 2. The topological polar surface area (TPSA) is 105 Å². The van der Waals surface area contributed by atoms with Crippen LogP contribution in [-0.2, 0) is 33.2 Å². The molecule has 146 valence electrons. The van der Waals surface area contributed by atoms with E-state index in [1.807, 2.05) is 0 Å². The summed E-state index contributed by atoms with van der Waals surface area (Å²) >= 11 is 0. The molecule has 0 aliphatic carbocycles. The van der Waals surface area contributed by atoms with Crippen LogP contribution in [0.1, 0.15) is 0 Å². The third-order valence-corrected chi connectivity index (χ3v) is 2.63. The summed E-state index contributed by atoms with van der Waals surface area (Å²) < 4.78 is 36.0. The molecular weight excluding hydrogens is 324 g/mol. The van der Waals surface area contributed by atoms with E-state index in [2.05, 4.69) is 4.74 Å². The Morgan fingerprint density at radius 1 is 0.583 bits per heavy atom. The molecule has 9 nitrogen and oxygen atoms in total. The van der Waals surface area contributed by atoms with Crippen LogP contribution >= 0.6 is 0 Å². The Kier molecular flexibility index (Phi) is 20.4. The van der Waals surface area contributed by atoms with E-state index in [-0.39, 0.29) is 13.2 Å². The molecule has 0 aromatic rings. The summed E-state index contributed by atoms with van der Waals surface area (Å²) in [6.45, 7) is 5.28. The molecule has 0 aliphatic heterocycles. The minimum absolute atomic E-state index is 0.0282. The van der Waals surface area contributed by atoms with Crippen LogP contribution in [0, 0.1) is 0 Å². The lowest BCUT2D eigenvalue weighted by Crippen LogP contribution is -2.19. The standard InChI is InChI=1S/C15H32O9/c1-18-15(17)14-24-13-12-23-11-10-22-9-8-21-7-6-20-5-4-19-3-2-16/h15-17H,2-14H2,1H3. The molecule has 0 aromatic heterocycles. The highest BCUT2D eigenvalue weighted by atomic mass is 16.6. The Morgan fingerprint density at radius 2 is 0.917 bits per heavy atom. The highest BCUT2D eigenvalue weighted by molar-refractivity contribution is 4.38. The van der Waals surface area contributed by atoms with Crippen LogP contribution in [-0.4, -0.2) is 110 Å². The zero-order chi connectivity index (χ0) is 17.7. The van der Waals surface area contributed by atoms with Gasteiger partial charge in [-0.25, -0.2) is 0 Å². The third-order valence-electron chi connectivity index (χ3n) is 2.63. The molecule has 0 bridgehead atoms. The monoisotopic (exact) mass is 356 g/mol. The first-order valence-electron chi connectivity index (χ1n) is 8.09. The third kappa shape index (κ3) is 19.7. The summed E-state index contributed by atoms with van der Waals surface area (Å²) in [6.07, 6.45) is -0.890. The summed E-state index contributed by atoms with van der Waals surface area (Å²) in [6, 6.07) is 0. The molecule has 1 atom stereocenters. The van der Waals surface area contributed by atoms with Crippen LogP contribution < -0.4 is 0 Å². The first kappa shape index (κ1) is 23.6. The maximum Gasteiger partial charge on any atom is 0.177 e. The molecule has 0 heterocycles. The van der Waals surface area contributed by atoms with Crippen molar-refractivity contribution in [2.75, 3.05) is 93.0 Å². The van der Waals surface area contributed by atoms with Gasteiger partial charge in [0.1, 0.15) is 0 Å². The van der Waals surface area contributed by atoms with Crippen molar-refractivity contribution in [1.82, 2.24) is 0 Å². The highest BCUT2D eigenvalue weighted by Crippen LogP contribution is 1.87. The van der Waals surface area contributed by atoms with Crippen molar-refractivity contribution in [3.8, 4) is 0 Å². The van der Waals surface area contributed by atoms with Crippen LogP contribution in [0.15, 0.2) is 0 Å². The number of aliphatic hydroxyl groups is 2. The normalized spacial score (nSPS) is 12.6. The van der Waals surface area contributed by atoms with Crippen LogP contribution in [0.3, 0.4) is 0 Å². The summed E-state index contributed by atoms with van der Waals surface area (Å²) in [7, 11) is 1.41. The maximum absolute atomic E-state index is 9.05. The molecule has 0 rings (SSSR count). The van der Waals surface area contributed by atoms with E-state index in [0.717, 1.165) is 0 Å². The molecule has 0 spiro atoms. The smallest absolute Gasteiger partial charge is 0.177 e. The number of hydrogen-bond acceptors (Lipinski definition) is 9. The number of methoxy groups -OCH3 is 1. The van der Waals surface area contributed by atoms with Gasteiger partial charge in [-0.2, -0.15) is 0 Å². The van der Waals surface area contributed by atoms with E-state index in [1.54, 1.807) is 0 Å². The minimum atomic E-state index is -0.890. The van der Waals surface area contributed by atoms with E-state index in [1.165, 1.54) is 7.11 Å². The number of hydrogen-bond donors (Lipinski definition) is 2. The second kappa shape index (κ2) is 20.7.